The van der Waals surface area contributed by atoms with E-state index in [-0.39, 0.29) is 28.5 Å². The van der Waals surface area contributed by atoms with E-state index in [9.17, 15) is 10.2 Å². The van der Waals surface area contributed by atoms with Crippen LogP contribution in [0.3, 0.4) is 0 Å². The van der Waals surface area contributed by atoms with Crippen LogP contribution in [-0.2, 0) is 6.42 Å². The summed E-state index contributed by atoms with van der Waals surface area (Å²) in [5, 5.41) is 22.1. The zero-order valence-corrected chi connectivity index (χ0v) is 10.4. The van der Waals surface area contributed by atoms with E-state index < -0.39 is 0 Å². The molecular weight excluding hydrogens is 258 g/mol. The highest BCUT2D eigenvalue weighted by atomic mass is 79.9. The molecule has 0 fully saturated rings. The molecule has 0 heterocycles. The molecule has 3 N–H and O–H groups in total. The van der Waals surface area contributed by atoms with E-state index in [0.29, 0.717) is 5.92 Å². The molecule has 1 aromatic carbocycles. The molecule has 1 unspecified atom stereocenters. The van der Waals surface area contributed by atoms with Crippen LogP contribution in [0.5, 0.6) is 11.5 Å². The van der Waals surface area contributed by atoms with Gasteiger partial charge in [-0.25, -0.2) is 0 Å². The van der Waals surface area contributed by atoms with Gasteiger partial charge in [-0.1, -0.05) is 6.07 Å². The quantitative estimate of drug-likeness (QED) is 0.722. The summed E-state index contributed by atoms with van der Waals surface area (Å²) in [6.45, 7) is 0.928. The molecule has 4 heteroatoms. The Kier molecular flexibility index (Phi) is 3.99. The van der Waals surface area contributed by atoms with Gasteiger partial charge in [-0.3, -0.25) is 0 Å². The summed E-state index contributed by atoms with van der Waals surface area (Å²) >= 11 is 0. The van der Waals surface area contributed by atoms with Crippen LogP contribution in [0.1, 0.15) is 23.5 Å². The van der Waals surface area contributed by atoms with Gasteiger partial charge in [0.15, 0.2) is 11.5 Å². The SMILES string of the molecule is Br.CNCC1CCc2c1ccc(O)c2O. The summed E-state index contributed by atoms with van der Waals surface area (Å²) in [5.41, 5.74) is 2.10. The van der Waals surface area contributed by atoms with Crippen LogP contribution < -0.4 is 5.32 Å². The first kappa shape index (κ1) is 12.3. The molecule has 0 saturated carbocycles. The normalized spacial score (nSPS) is 18.3. The number of likely N-dealkylation sites (N-methyl/N-ethyl adjacent to an activating group) is 1. The van der Waals surface area contributed by atoms with Crippen molar-refractivity contribution in [3.05, 3.63) is 23.3 Å². The van der Waals surface area contributed by atoms with Crippen molar-refractivity contribution >= 4 is 17.0 Å². The molecule has 1 atom stereocenters. The summed E-state index contributed by atoms with van der Waals surface area (Å²) in [4.78, 5) is 0. The predicted molar refractivity (Wildman–Crippen MR) is 65.1 cm³/mol. The molecule has 15 heavy (non-hydrogen) atoms. The van der Waals surface area contributed by atoms with Gasteiger partial charge in [0.05, 0.1) is 0 Å². The van der Waals surface area contributed by atoms with Crippen LogP contribution in [0.4, 0.5) is 0 Å². The molecule has 0 aliphatic heterocycles. The third-order valence-electron chi connectivity index (χ3n) is 2.93. The average Bonchev–Trinajstić information content (AvgIpc) is 2.57. The second kappa shape index (κ2) is 4.86. The number of rotatable bonds is 2. The molecule has 1 aliphatic rings. The number of nitrogens with one attached hydrogen (secondary N) is 1. The molecule has 1 aliphatic carbocycles. The standard InChI is InChI=1S/C11H15NO2.BrH/c1-12-6-7-2-3-9-8(7)4-5-10(13)11(9)14;/h4-5,7,12-14H,2-3,6H2,1H3;1H. The van der Waals surface area contributed by atoms with Crippen LogP contribution >= 0.6 is 17.0 Å². The molecule has 1 aromatic rings. The van der Waals surface area contributed by atoms with Crippen molar-refractivity contribution in [3.63, 3.8) is 0 Å². The van der Waals surface area contributed by atoms with Gasteiger partial charge in [0.25, 0.3) is 0 Å². The van der Waals surface area contributed by atoms with Crippen molar-refractivity contribution in [3.8, 4) is 11.5 Å². The van der Waals surface area contributed by atoms with Gasteiger partial charge in [0.2, 0.25) is 0 Å². The van der Waals surface area contributed by atoms with Crippen LogP contribution in [0.2, 0.25) is 0 Å². The number of hydrogen-bond donors (Lipinski definition) is 3. The maximum absolute atomic E-state index is 9.63. The van der Waals surface area contributed by atoms with E-state index in [2.05, 4.69) is 5.32 Å². The Morgan fingerprint density at radius 2 is 2.13 bits per heavy atom. The van der Waals surface area contributed by atoms with E-state index >= 15 is 0 Å². The summed E-state index contributed by atoms with van der Waals surface area (Å²) in [7, 11) is 1.93. The summed E-state index contributed by atoms with van der Waals surface area (Å²) in [6, 6.07) is 3.49. The van der Waals surface area contributed by atoms with Crippen LogP contribution in [0.25, 0.3) is 0 Å². The smallest absolute Gasteiger partial charge is 0.160 e. The fraction of sp³-hybridized carbons (Fsp3) is 0.455. The first-order valence-electron chi connectivity index (χ1n) is 4.92. The summed E-state index contributed by atoms with van der Waals surface area (Å²) < 4.78 is 0. The molecular formula is C11H16BrNO2. The van der Waals surface area contributed by atoms with Crippen LogP contribution in [-0.4, -0.2) is 23.8 Å². The van der Waals surface area contributed by atoms with Gasteiger partial charge in [-0.05, 0) is 37.4 Å². The zero-order valence-electron chi connectivity index (χ0n) is 8.66. The fourth-order valence-corrected chi connectivity index (χ4v) is 2.22. The lowest BCUT2D eigenvalue weighted by molar-refractivity contribution is 0.400. The highest BCUT2D eigenvalue weighted by Gasteiger charge is 2.25. The molecule has 0 aromatic heterocycles. The summed E-state index contributed by atoms with van der Waals surface area (Å²) in [5.74, 6) is 0.538. The third kappa shape index (κ3) is 2.11. The minimum atomic E-state index is -0.00569. The average molecular weight is 274 g/mol. The first-order valence-corrected chi connectivity index (χ1v) is 4.92. The number of halogens is 1. The van der Waals surface area contributed by atoms with E-state index in [4.69, 9.17) is 0 Å². The van der Waals surface area contributed by atoms with Crippen LogP contribution in [0, 0.1) is 0 Å². The first-order chi connectivity index (χ1) is 6.74. The lowest BCUT2D eigenvalue weighted by Gasteiger charge is -2.11. The second-order valence-corrected chi connectivity index (χ2v) is 3.79. The molecule has 0 spiro atoms. The number of benzene rings is 1. The van der Waals surface area contributed by atoms with Gasteiger partial charge < -0.3 is 15.5 Å². The number of aromatic hydroxyl groups is 2. The van der Waals surface area contributed by atoms with E-state index in [1.807, 2.05) is 13.1 Å². The highest BCUT2D eigenvalue weighted by molar-refractivity contribution is 8.93. The Hall–Kier alpha value is -0.740. The molecule has 2 rings (SSSR count). The van der Waals surface area contributed by atoms with Gasteiger partial charge in [-0.15, -0.1) is 17.0 Å². The van der Waals surface area contributed by atoms with E-state index in [1.165, 1.54) is 5.56 Å². The van der Waals surface area contributed by atoms with Crippen molar-refractivity contribution in [1.29, 1.82) is 0 Å². The number of hydrogen-bond acceptors (Lipinski definition) is 3. The van der Waals surface area contributed by atoms with Gasteiger partial charge in [-0.2, -0.15) is 0 Å². The minimum Gasteiger partial charge on any atom is -0.504 e. The van der Waals surface area contributed by atoms with Crippen molar-refractivity contribution in [2.24, 2.45) is 0 Å². The monoisotopic (exact) mass is 273 g/mol. The predicted octanol–water partition coefficient (Wildman–Crippen LogP) is 1.92. The topological polar surface area (TPSA) is 52.5 Å². The van der Waals surface area contributed by atoms with Gasteiger partial charge in [0.1, 0.15) is 0 Å². The second-order valence-electron chi connectivity index (χ2n) is 3.79. The Morgan fingerprint density at radius 1 is 1.40 bits per heavy atom. The fourth-order valence-electron chi connectivity index (χ4n) is 2.22. The molecule has 84 valence electrons. The van der Waals surface area contributed by atoms with Crippen LogP contribution in [0.15, 0.2) is 12.1 Å². The minimum absolute atomic E-state index is 0. The number of phenols is 2. The van der Waals surface area contributed by atoms with E-state index in [1.54, 1.807) is 6.07 Å². The highest BCUT2D eigenvalue weighted by Crippen LogP contribution is 2.41. The lowest BCUT2D eigenvalue weighted by atomic mass is 10.0. The molecule has 0 saturated heterocycles. The molecule has 0 bridgehead atoms. The Morgan fingerprint density at radius 3 is 2.80 bits per heavy atom. The summed E-state index contributed by atoms with van der Waals surface area (Å²) in [6.07, 6.45) is 1.91. The lowest BCUT2D eigenvalue weighted by Crippen LogP contribution is -2.14. The molecule has 3 nitrogen and oxygen atoms in total. The molecule has 0 amide bonds. The number of phenolic OH excluding ortho intramolecular Hbond substituents is 2. The van der Waals surface area contributed by atoms with Crippen molar-refractivity contribution in [2.45, 2.75) is 18.8 Å². The van der Waals surface area contributed by atoms with Crippen molar-refractivity contribution in [1.82, 2.24) is 5.32 Å². The maximum atomic E-state index is 9.63. The zero-order chi connectivity index (χ0) is 10.1. The van der Waals surface area contributed by atoms with Crippen molar-refractivity contribution in [2.75, 3.05) is 13.6 Å². The molecule has 0 radical (unpaired) electrons. The van der Waals surface area contributed by atoms with Gasteiger partial charge in [0, 0.05) is 12.1 Å². The largest absolute Gasteiger partial charge is 0.504 e. The Bertz CT molecular complexity index is 355. The maximum Gasteiger partial charge on any atom is 0.160 e. The van der Waals surface area contributed by atoms with Crippen molar-refractivity contribution < 1.29 is 10.2 Å². The van der Waals surface area contributed by atoms with E-state index in [0.717, 1.165) is 24.9 Å². The third-order valence-corrected chi connectivity index (χ3v) is 2.93. The Balaban J connectivity index is 0.00000112. The number of fused-ring (bicyclic) bond motifs is 1. The van der Waals surface area contributed by atoms with Gasteiger partial charge >= 0.3 is 0 Å². The Labute approximate surface area is 99.9 Å².